The van der Waals surface area contributed by atoms with Gasteiger partial charge in [0.05, 0.1) is 7.11 Å². The molecular formula is C20H20N2O4. The van der Waals surface area contributed by atoms with Crippen molar-refractivity contribution in [2.24, 2.45) is 0 Å². The van der Waals surface area contributed by atoms with Gasteiger partial charge in [-0.1, -0.05) is 48.5 Å². The topological polar surface area (TPSA) is 80.4 Å². The SMILES string of the molecule is COC(=O)[C@@H](Cc1c[nH]c2ccccc12)NC(=O)OCc1ccccc1. The fourth-order valence-corrected chi connectivity index (χ4v) is 2.76. The number of aromatic nitrogens is 1. The van der Waals surface area contributed by atoms with Crippen LogP contribution < -0.4 is 5.32 Å². The molecule has 1 amide bonds. The van der Waals surface area contributed by atoms with Crippen LogP contribution >= 0.6 is 0 Å². The number of hydrogen-bond acceptors (Lipinski definition) is 4. The van der Waals surface area contributed by atoms with Gasteiger partial charge in [-0.3, -0.25) is 0 Å². The van der Waals surface area contributed by atoms with Crippen LogP contribution in [0.5, 0.6) is 0 Å². The van der Waals surface area contributed by atoms with Gasteiger partial charge in [0.2, 0.25) is 0 Å². The Hall–Kier alpha value is -3.28. The first-order valence-corrected chi connectivity index (χ1v) is 8.27. The van der Waals surface area contributed by atoms with Crippen molar-refractivity contribution in [1.82, 2.24) is 10.3 Å². The molecule has 0 spiro atoms. The van der Waals surface area contributed by atoms with Crippen LogP contribution in [0, 0.1) is 0 Å². The van der Waals surface area contributed by atoms with Crippen molar-refractivity contribution in [1.29, 1.82) is 0 Å². The van der Waals surface area contributed by atoms with Crippen molar-refractivity contribution in [3.8, 4) is 0 Å². The summed E-state index contributed by atoms with van der Waals surface area (Å²) in [5.74, 6) is -0.521. The van der Waals surface area contributed by atoms with Gasteiger partial charge in [-0.15, -0.1) is 0 Å². The van der Waals surface area contributed by atoms with Gasteiger partial charge in [-0.05, 0) is 17.2 Å². The van der Waals surface area contributed by atoms with Crippen molar-refractivity contribution in [2.45, 2.75) is 19.1 Å². The summed E-state index contributed by atoms with van der Waals surface area (Å²) < 4.78 is 10.0. The third kappa shape index (κ3) is 4.22. The molecule has 3 aromatic rings. The number of carbonyl (C=O) groups excluding carboxylic acids is 2. The molecule has 0 aliphatic rings. The van der Waals surface area contributed by atoms with E-state index in [2.05, 4.69) is 10.3 Å². The van der Waals surface area contributed by atoms with Gasteiger partial charge in [0.1, 0.15) is 12.6 Å². The second kappa shape index (κ2) is 8.20. The van der Waals surface area contributed by atoms with Crippen LogP contribution in [0.2, 0.25) is 0 Å². The number of esters is 1. The number of nitrogens with one attached hydrogen (secondary N) is 2. The minimum absolute atomic E-state index is 0.133. The molecule has 0 aliphatic carbocycles. The third-order valence-electron chi connectivity index (χ3n) is 4.09. The molecule has 134 valence electrons. The zero-order valence-electron chi connectivity index (χ0n) is 14.4. The van der Waals surface area contributed by atoms with Gasteiger partial charge < -0.3 is 19.8 Å². The molecule has 0 unspecified atom stereocenters. The van der Waals surface area contributed by atoms with Crippen LogP contribution in [0.4, 0.5) is 4.79 Å². The zero-order valence-corrected chi connectivity index (χ0v) is 14.4. The molecular weight excluding hydrogens is 332 g/mol. The summed E-state index contributed by atoms with van der Waals surface area (Å²) in [5, 5.41) is 3.59. The van der Waals surface area contributed by atoms with Crippen LogP contribution in [-0.4, -0.2) is 30.2 Å². The summed E-state index contributed by atoms with van der Waals surface area (Å²) in [6.45, 7) is 0.133. The van der Waals surface area contributed by atoms with Crippen molar-refractivity contribution in [3.63, 3.8) is 0 Å². The second-order valence-corrected chi connectivity index (χ2v) is 5.85. The number of para-hydroxylation sites is 1. The van der Waals surface area contributed by atoms with Gasteiger partial charge in [-0.25, -0.2) is 9.59 Å². The van der Waals surface area contributed by atoms with Crippen molar-refractivity contribution in [2.75, 3.05) is 7.11 Å². The Balaban J connectivity index is 1.66. The Bertz CT molecular complexity index is 889. The highest BCUT2D eigenvalue weighted by atomic mass is 16.6. The second-order valence-electron chi connectivity index (χ2n) is 5.85. The van der Waals surface area contributed by atoms with Gasteiger partial charge >= 0.3 is 12.1 Å². The smallest absolute Gasteiger partial charge is 0.408 e. The molecule has 0 bridgehead atoms. The molecule has 0 radical (unpaired) electrons. The predicted molar refractivity (Wildman–Crippen MR) is 97.6 cm³/mol. The average molecular weight is 352 g/mol. The first kappa shape index (κ1) is 17.5. The summed E-state index contributed by atoms with van der Waals surface area (Å²) in [5.41, 5.74) is 2.76. The number of amides is 1. The Morgan fingerprint density at radius 1 is 1.08 bits per heavy atom. The summed E-state index contributed by atoms with van der Waals surface area (Å²) in [7, 11) is 1.29. The quantitative estimate of drug-likeness (QED) is 0.668. The molecule has 1 heterocycles. The summed E-state index contributed by atoms with van der Waals surface area (Å²) in [6, 6.07) is 16.3. The summed E-state index contributed by atoms with van der Waals surface area (Å²) >= 11 is 0. The Labute approximate surface area is 151 Å². The number of benzene rings is 2. The Kier molecular flexibility index (Phi) is 5.53. The largest absolute Gasteiger partial charge is 0.467 e. The van der Waals surface area contributed by atoms with Crippen LogP contribution in [0.1, 0.15) is 11.1 Å². The number of carbonyl (C=O) groups is 2. The molecule has 1 aromatic heterocycles. The highest BCUT2D eigenvalue weighted by molar-refractivity contribution is 5.86. The minimum Gasteiger partial charge on any atom is -0.467 e. The highest BCUT2D eigenvalue weighted by Crippen LogP contribution is 2.19. The van der Waals surface area contributed by atoms with Gasteiger partial charge in [0, 0.05) is 23.5 Å². The van der Waals surface area contributed by atoms with Crippen molar-refractivity contribution < 1.29 is 19.1 Å². The molecule has 6 nitrogen and oxygen atoms in total. The maximum absolute atomic E-state index is 12.1. The Morgan fingerprint density at radius 3 is 2.58 bits per heavy atom. The molecule has 0 fully saturated rings. The fraction of sp³-hybridized carbons (Fsp3) is 0.200. The first-order valence-electron chi connectivity index (χ1n) is 8.27. The number of ether oxygens (including phenoxy) is 2. The van der Waals surface area contributed by atoms with E-state index in [4.69, 9.17) is 9.47 Å². The third-order valence-corrected chi connectivity index (χ3v) is 4.09. The van der Waals surface area contributed by atoms with Crippen molar-refractivity contribution >= 4 is 23.0 Å². The van der Waals surface area contributed by atoms with E-state index in [9.17, 15) is 9.59 Å². The van der Waals surface area contributed by atoms with Crippen LogP contribution in [-0.2, 0) is 27.3 Å². The lowest BCUT2D eigenvalue weighted by Gasteiger charge is -2.16. The van der Waals surface area contributed by atoms with E-state index in [1.807, 2.05) is 60.8 Å². The average Bonchev–Trinajstić information content (AvgIpc) is 3.09. The molecule has 26 heavy (non-hydrogen) atoms. The molecule has 2 N–H and O–H groups in total. The van der Waals surface area contributed by atoms with E-state index in [1.165, 1.54) is 7.11 Å². The normalized spacial score (nSPS) is 11.7. The molecule has 0 saturated carbocycles. The monoisotopic (exact) mass is 352 g/mol. The maximum atomic E-state index is 12.1. The highest BCUT2D eigenvalue weighted by Gasteiger charge is 2.24. The van der Waals surface area contributed by atoms with Crippen LogP contribution in [0.15, 0.2) is 60.8 Å². The molecule has 6 heteroatoms. The Morgan fingerprint density at radius 2 is 1.81 bits per heavy atom. The standard InChI is InChI=1S/C20H20N2O4/c1-25-19(23)18(11-15-12-21-17-10-6-5-9-16(15)17)22-20(24)26-13-14-7-3-2-4-8-14/h2-10,12,18,21H,11,13H2,1H3,(H,22,24)/t18-/m1/s1. The van der Waals surface area contributed by atoms with Gasteiger partial charge in [-0.2, -0.15) is 0 Å². The number of H-pyrrole nitrogens is 1. The van der Waals surface area contributed by atoms with E-state index in [0.717, 1.165) is 22.0 Å². The fourth-order valence-electron chi connectivity index (χ4n) is 2.76. The number of methoxy groups -OCH3 is 1. The van der Waals surface area contributed by atoms with Gasteiger partial charge in [0.15, 0.2) is 0 Å². The molecule has 3 rings (SSSR count). The van der Waals surface area contributed by atoms with Gasteiger partial charge in [0.25, 0.3) is 0 Å². The lowest BCUT2D eigenvalue weighted by molar-refractivity contribution is -0.142. The lowest BCUT2D eigenvalue weighted by Crippen LogP contribution is -2.43. The van der Waals surface area contributed by atoms with Crippen LogP contribution in [0.3, 0.4) is 0 Å². The number of aromatic amines is 1. The summed E-state index contributed by atoms with van der Waals surface area (Å²) in [6.07, 6.45) is 1.47. The molecule has 0 saturated heterocycles. The maximum Gasteiger partial charge on any atom is 0.408 e. The van der Waals surface area contributed by atoms with Crippen molar-refractivity contribution in [3.05, 3.63) is 71.9 Å². The van der Waals surface area contributed by atoms with E-state index < -0.39 is 18.1 Å². The van der Waals surface area contributed by atoms with E-state index in [0.29, 0.717) is 6.42 Å². The molecule has 0 aliphatic heterocycles. The number of hydrogen-bond donors (Lipinski definition) is 2. The number of fused-ring (bicyclic) bond motifs is 1. The summed E-state index contributed by atoms with van der Waals surface area (Å²) in [4.78, 5) is 27.3. The number of alkyl carbamates (subject to hydrolysis) is 1. The van der Waals surface area contributed by atoms with E-state index in [-0.39, 0.29) is 6.61 Å². The minimum atomic E-state index is -0.831. The van der Waals surface area contributed by atoms with E-state index in [1.54, 1.807) is 0 Å². The number of rotatable bonds is 6. The van der Waals surface area contributed by atoms with Crippen LogP contribution in [0.25, 0.3) is 10.9 Å². The lowest BCUT2D eigenvalue weighted by atomic mass is 10.1. The first-order chi connectivity index (χ1) is 12.7. The molecule has 1 atom stereocenters. The molecule has 2 aromatic carbocycles. The van der Waals surface area contributed by atoms with E-state index >= 15 is 0 Å². The zero-order chi connectivity index (χ0) is 18.4. The predicted octanol–water partition coefficient (Wildman–Crippen LogP) is 3.18.